The van der Waals surface area contributed by atoms with Crippen LogP contribution in [-0.2, 0) is 5.41 Å². The monoisotopic (exact) mass is 353 g/mol. The lowest BCUT2D eigenvalue weighted by molar-refractivity contribution is 0.481. The van der Waals surface area contributed by atoms with Crippen LogP contribution in [0.1, 0.15) is 34.1 Å². The molecule has 4 rings (SSSR count). The van der Waals surface area contributed by atoms with E-state index < -0.39 is 5.41 Å². The largest absolute Gasteiger partial charge is 0.348 e. The Kier molecular flexibility index (Phi) is 4.61. The molecule has 3 aromatic carbocycles. The Morgan fingerprint density at radius 2 is 1.15 bits per heavy atom. The molecule has 0 spiro atoms. The van der Waals surface area contributed by atoms with Crippen molar-refractivity contribution in [2.75, 3.05) is 0 Å². The second kappa shape index (κ2) is 7.22. The van der Waals surface area contributed by atoms with Crippen molar-refractivity contribution >= 4 is 0 Å². The van der Waals surface area contributed by atoms with E-state index in [1.54, 1.807) is 6.33 Å². The van der Waals surface area contributed by atoms with Gasteiger partial charge in [-0.15, -0.1) is 0 Å². The van der Waals surface area contributed by atoms with Gasteiger partial charge in [-0.1, -0.05) is 91.0 Å². The highest BCUT2D eigenvalue weighted by molar-refractivity contribution is 5.53. The zero-order valence-electron chi connectivity index (χ0n) is 15.3. The van der Waals surface area contributed by atoms with Gasteiger partial charge in [0.05, 0.1) is 23.5 Å². The molecule has 0 fully saturated rings. The highest BCUT2D eigenvalue weighted by atomic mass is 14.9. The van der Waals surface area contributed by atoms with Gasteiger partial charge < -0.3 is 10.7 Å². The second-order valence-corrected chi connectivity index (χ2v) is 6.80. The predicted octanol–water partition coefficient (Wildman–Crippen LogP) is 4.75. The first kappa shape index (κ1) is 17.3. The van der Waals surface area contributed by atoms with E-state index in [-0.39, 0.29) is 6.04 Å². The smallest absolute Gasteiger partial charge is 0.0925 e. The third-order valence-corrected chi connectivity index (χ3v) is 5.32. The van der Waals surface area contributed by atoms with Crippen molar-refractivity contribution in [3.63, 3.8) is 0 Å². The van der Waals surface area contributed by atoms with Gasteiger partial charge >= 0.3 is 0 Å². The molecule has 0 saturated carbocycles. The summed E-state index contributed by atoms with van der Waals surface area (Å²) in [5.74, 6) is 0. The number of H-pyrrole nitrogens is 1. The lowest BCUT2D eigenvalue weighted by Gasteiger charge is -2.40. The van der Waals surface area contributed by atoms with Gasteiger partial charge in [-0.25, -0.2) is 4.98 Å². The summed E-state index contributed by atoms with van der Waals surface area (Å²) < 4.78 is 0. The maximum atomic E-state index is 7.03. The van der Waals surface area contributed by atoms with Crippen molar-refractivity contribution in [2.45, 2.75) is 18.4 Å². The van der Waals surface area contributed by atoms with Gasteiger partial charge in [-0.2, -0.15) is 0 Å². The normalized spacial score (nSPS) is 12.7. The number of benzene rings is 3. The number of aryl methyl sites for hydroxylation is 1. The molecule has 3 N–H and O–H groups in total. The summed E-state index contributed by atoms with van der Waals surface area (Å²) in [5.41, 5.74) is 11.8. The van der Waals surface area contributed by atoms with E-state index in [9.17, 15) is 0 Å². The average Bonchev–Trinajstić information content (AvgIpc) is 3.17. The summed E-state index contributed by atoms with van der Waals surface area (Å²) in [7, 11) is 0. The average molecular weight is 353 g/mol. The molecule has 0 amide bonds. The molecule has 0 radical (unpaired) electrons. The van der Waals surface area contributed by atoms with Crippen molar-refractivity contribution in [2.24, 2.45) is 5.73 Å². The van der Waals surface area contributed by atoms with Crippen molar-refractivity contribution in [1.82, 2.24) is 9.97 Å². The van der Waals surface area contributed by atoms with Crippen molar-refractivity contribution in [1.29, 1.82) is 0 Å². The number of nitrogens with zero attached hydrogens (tertiary/aromatic N) is 1. The molecule has 1 aromatic heterocycles. The van der Waals surface area contributed by atoms with Crippen LogP contribution >= 0.6 is 0 Å². The molecule has 3 heteroatoms. The fourth-order valence-electron chi connectivity index (χ4n) is 4.03. The van der Waals surface area contributed by atoms with Crippen molar-refractivity contribution < 1.29 is 0 Å². The minimum atomic E-state index is -0.552. The highest BCUT2D eigenvalue weighted by Gasteiger charge is 2.44. The molecule has 0 bridgehead atoms. The summed E-state index contributed by atoms with van der Waals surface area (Å²) in [6, 6.07) is 31.1. The Bertz CT molecular complexity index is 895. The summed E-state index contributed by atoms with van der Waals surface area (Å²) in [5, 5.41) is 0. The van der Waals surface area contributed by atoms with Gasteiger partial charge in [-0.3, -0.25) is 0 Å². The van der Waals surface area contributed by atoms with E-state index in [2.05, 4.69) is 82.8 Å². The van der Waals surface area contributed by atoms with Crippen LogP contribution in [0.3, 0.4) is 0 Å². The first-order valence-corrected chi connectivity index (χ1v) is 9.16. The van der Waals surface area contributed by atoms with Crippen LogP contribution in [0.4, 0.5) is 0 Å². The molecule has 1 unspecified atom stereocenters. The van der Waals surface area contributed by atoms with E-state index in [0.29, 0.717) is 0 Å². The number of rotatable bonds is 5. The van der Waals surface area contributed by atoms with Gasteiger partial charge in [0.15, 0.2) is 0 Å². The number of aromatic nitrogens is 2. The summed E-state index contributed by atoms with van der Waals surface area (Å²) in [4.78, 5) is 7.76. The van der Waals surface area contributed by atoms with Gasteiger partial charge in [0, 0.05) is 5.69 Å². The van der Waals surface area contributed by atoms with Gasteiger partial charge in [0.25, 0.3) is 0 Å². The van der Waals surface area contributed by atoms with Gasteiger partial charge in [-0.05, 0) is 23.6 Å². The molecule has 1 heterocycles. The maximum Gasteiger partial charge on any atom is 0.0925 e. The van der Waals surface area contributed by atoms with E-state index in [4.69, 9.17) is 5.73 Å². The molecule has 4 aromatic rings. The SMILES string of the molecule is Cc1[nH]cnc1C(N)C(c1ccccc1)(c1ccccc1)c1ccccc1. The Balaban J connectivity index is 2.08. The zero-order chi connectivity index (χ0) is 18.7. The summed E-state index contributed by atoms with van der Waals surface area (Å²) >= 11 is 0. The number of aromatic amines is 1. The molecule has 0 aliphatic carbocycles. The van der Waals surface area contributed by atoms with E-state index in [1.165, 1.54) is 0 Å². The minimum Gasteiger partial charge on any atom is -0.348 e. The first-order chi connectivity index (χ1) is 13.2. The summed E-state index contributed by atoms with van der Waals surface area (Å²) in [6.45, 7) is 2.02. The fourth-order valence-corrected chi connectivity index (χ4v) is 4.03. The van der Waals surface area contributed by atoms with Crippen LogP contribution < -0.4 is 5.73 Å². The third-order valence-electron chi connectivity index (χ3n) is 5.32. The predicted molar refractivity (Wildman–Crippen MR) is 109 cm³/mol. The number of imidazole rings is 1. The molecule has 0 saturated heterocycles. The molecule has 27 heavy (non-hydrogen) atoms. The number of nitrogens with one attached hydrogen (secondary N) is 1. The standard InChI is InChI=1S/C24H23N3/c1-18-22(27-17-26-18)23(25)24(19-11-5-2-6-12-19,20-13-7-3-8-14-20)21-15-9-4-10-16-21/h2-17,23H,25H2,1H3,(H,26,27). The molecule has 1 atom stereocenters. The van der Waals surface area contributed by atoms with Crippen LogP contribution in [0.5, 0.6) is 0 Å². The van der Waals surface area contributed by atoms with Crippen LogP contribution in [0.2, 0.25) is 0 Å². The van der Waals surface area contributed by atoms with Crippen LogP contribution in [0.15, 0.2) is 97.3 Å². The third kappa shape index (κ3) is 2.86. The lowest BCUT2D eigenvalue weighted by Crippen LogP contribution is -2.41. The Morgan fingerprint density at radius 1 is 0.741 bits per heavy atom. The first-order valence-electron chi connectivity index (χ1n) is 9.16. The Hall–Kier alpha value is -3.17. The minimum absolute atomic E-state index is 0.351. The zero-order valence-corrected chi connectivity index (χ0v) is 15.3. The molecule has 3 nitrogen and oxygen atoms in total. The van der Waals surface area contributed by atoms with Crippen LogP contribution in [-0.4, -0.2) is 9.97 Å². The van der Waals surface area contributed by atoms with E-state index in [1.807, 2.05) is 25.1 Å². The number of hydrogen-bond acceptors (Lipinski definition) is 2. The number of hydrogen-bond donors (Lipinski definition) is 2. The maximum absolute atomic E-state index is 7.03. The van der Waals surface area contributed by atoms with Crippen LogP contribution in [0.25, 0.3) is 0 Å². The molecule has 0 aliphatic rings. The topological polar surface area (TPSA) is 54.7 Å². The van der Waals surface area contributed by atoms with E-state index in [0.717, 1.165) is 28.1 Å². The van der Waals surface area contributed by atoms with Gasteiger partial charge in [0.1, 0.15) is 0 Å². The second-order valence-electron chi connectivity index (χ2n) is 6.80. The number of nitrogens with two attached hydrogens (primary N) is 1. The highest BCUT2D eigenvalue weighted by Crippen LogP contribution is 2.47. The van der Waals surface area contributed by atoms with Gasteiger partial charge in [0.2, 0.25) is 0 Å². The van der Waals surface area contributed by atoms with Crippen molar-refractivity contribution in [3.8, 4) is 0 Å². The van der Waals surface area contributed by atoms with Crippen LogP contribution in [0, 0.1) is 6.92 Å². The fraction of sp³-hybridized carbons (Fsp3) is 0.125. The molecule has 0 aliphatic heterocycles. The lowest BCUT2D eigenvalue weighted by atomic mass is 9.64. The summed E-state index contributed by atoms with van der Waals surface area (Å²) in [6.07, 6.45) is 1.72. The molecular weight excluding hydrogens is 330 g/mol. The van der Waals surface area contributed by atoms with E-state index >= 15 is 0 Å². The molecular formula is C24H23N3. The Morgan fingerprint density at radius 3 is 1.48 bits per heavy atom. The molecule has 134 valence electrons. The Labute approximate surface area is 159 Å². The van der Waals surface area contributed by atoms with Crippen molar-refractivity contribution in [3.05, 3.63) is 125 Å². The quantitative estimate of drug-likeness (QED) is 0.509.